The number of anilines is 2. The Balaban J connectivity index is 1.41. The molecule has 0 aromatic heterocycles. The number of nitrogens with zero attached hydrogens (tertiary/aromatic N) is 3. The van der Waals surface area contributed by atoms with Crippen molar-refractivity contribution in [2.75, 3.05) is 49.6 Å². The van der Waals surface area contributed by atoms with Crippen LogP contribution in [0.25, 0.3) is 0 Å². The first-order valence-electron chi connectivity index (χ1n) is 10.5. The van der Waals surface area contributed by atoms with E-state index in [0.717, 1.165) is 24.3 Å². The molecular weight excluding hydrogens is 378 g/mol. The Morgan fingerprint density at radius 1 is 1.00 bits per heavy atom. The maximum atomic E-state index is 13.1. The van der Waals surface area contributed by atoms with Crippen LogP contribution in [-0.4, -0.2) is 56.5 Å². The molecule has 2 fully saturated rings. The van der Waals surface area contributed by atoms with Gasteiger partial charge < -0.3 is 19.4 Å². The van der Waals surface area contributed by atoms with Crippen LogP contribution in [0.2, 0.25) is 0 Å². The summed E-state index contributed by atoms with van der Waals surface area (Å²) in [5, 5.41) is 0. The highest BCUT2D eigenvalue weighted by molar-refractivity contribution is 6.01. The van der Waals surface area contributed by atoms with Crippen molar-refractivity contribution in [1.82, 2.24) is 4.90 Å². The summed E-state index contributed by atoms with van der Waals surface area (Å²) >= 11 is 0. The summed E-state index contributed by atoms with van der Waals surface area (Å²) in [6, 6.07) is 14.2. The van der Waals surface area contributed by atoms with Crippen LogP contribution >= 0.6 is 0 Å². The van der Waals surface area contributed by atoms with E-state index in [1.54, 1.807) is 12.0 Å². The minimum Gasteiger partial charge on any atom is -0.495 e. The number of ether oxygens (including phenoxy) is 1. The van der Waals surface area contributed by atoms with Crippen molar-refractivity contribution in [2.45, 2.75) is 20.3 Å². The van der Waals surface area contributed by atoms with Gasteiger partial charge in [-0.15, -0.1) is 0 Å². The molecular formula is C24H29N3O3. The van der Waals surface area contributed by atoms with Crippen LogP contribution < -0.4 is 14.5 Å². The van der Waals surface area contributed by atoms with Crippen LogP contribution in [0, 0.1) is 19.8 Å². The third-order valence-electron chi connectivity index (χ3n) is 6.06. The van der Waals surface area contributed by atoms with Gasteiger partial charge in [-0.3, -0.25) is 9.59 Å². The van der Waals surface area contributed by atoms with Gasteiger partial charge in [-0.25, -0.2) is 0 Å². The first-order valence-corrected chi connectivity index (χ1v) is 10.5. The second kappa shape index (κ2) is 8.38. The van der Waals surface area contributed by atoms with Crippen LogP contribution in [0.3, 0.4) is 0 Å². The van der Waals surface area contributed by atoms with Gasteiger partial charge in [-0.2, -0.15) is 0 Å². The molecule has 4 rings (SSSR count). The van der Waals surface area contributed by atoms with Crippen molar-refractivity contribution in [3.05, 3.63) is 53.6 Å². The molecule has 1 atom stereocenters. The zero-order chi connectivity index (χ0) is 21.3. The van der Waals surface area contributed by atoms with E-state index in [1.807, 2.05) is 30.0 Å². The Hall–Kier alpha value is -3.02. The third-order valence-corrected chi connectivity index (χ3v) is 6.06. The SMILES string of the molecule is COc1ccc(C)cc1N1CC(C(=O)N2CCN(c3cccc(C)c3)CC2)CC1=O. The predicted octanol–water partition coefficient (Wildman–Crippen LogP) is 3.01. The maximum Gasteiger partial charge on any atom is 0.228 e. The average Bonchev–Trinajstić information content (AvgIpc) is 3.14. The quantitative estimate of drug-likeness (QED) is 0.782. The summed E-state index contributed by atoms with van der Waals surface area (Å²) in [6.07, 6.45) is 0.258. The summed E-state index contributed by atoms with van der Waals surface area (Å²) in [6.45, 7) is 7.48. The topological polar surface area (TPSA) is 53.1 Å². The first kappa shape index (κ1) is 20.3. The van der Waals surface area contributed by atoms with Gasteiger partial charge in [0.05, 0.1) is 18.7 Å². The molecule has 2 heterocycles. The van der Waals surface area contributed by atoms with E-state index in [1.165, 1.54) is 11.3 Å². The Morgan fingerprint density at radius 3 is 2.43 bits per heavy atom. The second-order valence-corrected chi connectivity index (χ2v) is 8.23. The molecule has 6 nitrogen and oxygen atoms in total. The maximum absolute atomic E-state index is 13.1. The van der Waals surface area contributed by atoms with Crippen LogP contribution in [0.5, 0.6) is 5.75 Å². The molecule has 0 N–H and O–H groups in total. The van der Waals surface area contributed by atoms with Crippen molar-refractivity contribution in [3.63, 3.8) is 0 Å². The van der Waals surface area contributed by atoms with Gasteiger partial charge in [0.1, 0.15) is 5.75 Å². The summed E-state index contributed by atoms with van der Waals surface area (Å²) in [7, 11) is 1.60. The monoisotopic (exact) mass is 407 g/mol. The third kappa shape index (κ3) is 3.99. The summed E-state index contributed by atoms with van der Waals surface area (Å²) in [4.78, 5) is 31.8. The van der Waals surface area contributed by atoms with E-state index >= 15 is 0 Å². The molecule has 2 aromatic carbocycles. The molecule has 30 heavy (non-hydrogen) atoms. The lowest BCUT2D eigenvalue weighted by molar-refractivity contribution is -0.136. The molecule has 1 unspecified atom stereocenters. The number of hydrogen-bond acceptors (Lipinski definition) is 4. The average molecular weight is 408 g/mol. The molecule has 0 radical (unpaired) electrons. The number of amides is 2. The Morgan fingerprint density at radius 2 is 1.73 bits per heavy atom. The van der Waals surface area contributed by atoms with Crippen LogP contribution in [0.15, 0.2) is 42.5 Å². The van der Waals surface area contributed by atoms with Crippen molar-refractivity contribution in [3.8, 4) is 5.75 Å². The highest BCUT2D eigenvalue weighted by Crippen LogP contribution is 2.34. The lowest BCUT2D eigenvalue weighted by atomic mass is 10.1. The molecule has 2 aliphatic rings. The standard InChI is InChI=1S/C24H29N3O3/c1-17-5-4-6-20(13-17)25-9-11-26(12-10-25)24(29)19-15-23(28)27(16-19)21-14-18(2)7-8-22(21)30-3/h4-8,13-14,19H,9-12,15-16H2,1-3H3. The zero-order valence-electron chi connectivity index (χ0n) is 17.9. The van der Waals surface area contributed by atoms with Gasteiger partial charge in [-0.05, 0) is 49.2 Å². The van der Waals surface area contributed by atoms with Gasteiger partial charge in [0, 0.05) is 44.8 Å². The van der Waals surface area contributed by atoms with Crippen LogP contribution in [0.4, 0.5) is 11.4 Å². The fraction of sp³-hybridized carbons (Fsp3) is 0.417. The smallest absolute Gasteiger partial charge is 0.228 e. The van der Waals surface area contributed by atoms with E-state index in [2.05, 4.69) is 36.1 Å². The van der Waals surface area contributed by atoms with Gasteiger partial charge in [0.15, 0.2) is 0 Å². The van der Waals surface area contributed by atoms with Crippen LogP contribution in [-0.2, 0) is 9.59 Å². The normalized spacial score (nSPS) is 19.4. The number of benzene rings is 2. The van der Waals surface area contributed by atoms with Gasteiger partial charge in [0.25, 0.3) is 0 Å². The molecule has 0 aliphatic carbocycles. The fourth-order valence-electron chi connectivity index (χ4n) is 4.38. The van der Waals surface area contributed by atoms with Crippen molar-refractivity contribution in [1.29, 1.82) is 0 Å². The predicted molar refractivity (Wildman–Crippen MR) is 118 cm³/mol. The lowest BCUT2D eigenvalue weighted by Crippen LogP contribution is -2.50. The van der Waals surface area contributed by atoms with Gasteiger partial charge in [0.2, 0.25) is 11.8 Å². The second-order valence-electron chi connectivity index (χ2n) is 8.23. The van der Waals surface area contributed by atoms with Crippen molar-refractivity contribution >= 4 is 23.2 Å². The van der Waals surface area contributed by atoms with E-state index in [4.69, 9.17) is 4.74 Å². The molecule has 158 valence electrons. The lowest BCUT2D eigenvalue weighted by Gasteiger charge is -2.37. The first-order chi connectivity index (χ1) is 14.5. The molecule has 0 spiro atoms. The minimum atomic E-state index is -0.298. The van der Waals surface area contributed by atoms with E-state index in [-0.39, 0.29) is 24.2 Å². The Bertz CT molecular complexity index is 950. The number of hydrogen-bond donors (Lipinski definition) is 0. The Kier molecular flexibility index (Phi) is 5.66. The van der Waals surface area contributed by atoms with E-state index < -0.39 is 0 Å². The minimum absolute atomic E-state index is 0.0179. The summed E-state index contributed by atoms with van der Waals surface area (Å²) in [5.74, 6) is 0.430. The fourth-order valence-corrected chi connectivity index (χ4v) is 4.38. The van der Waals surface area contributed by atoms with Gasteiger partial charge >= 0.3 is 0 Å². The highest BCUT2D eigenvalue weighted by atomic mass is 16.5. The molecule has 2 aliphatic heterocycles. The molecule has 2 aromatic rings. The molecule has 0 bridgehead atoms. The zero-order valence-corrected chi connectivity index (χ0v) is 17.9. The van der Waals surface area contributed by atoms with Crippen molar-refractivity contribution in [2.24, 2.45) is 5.92 Å². The van der Waals surface area contributed by atoms with Crippen molar-refractivity contribution < 1.29 is 14.3 Å². The number of aryl methyl sites for hydroxylation is 2. The molecule has 2 saturated heterocycles. The van der Waals surface area contributed by atoms with Crippen LogP contribution in [0.1, 0.15) is 17.5 Å². The highest BCUT2D eigenvalue weighted by Gasteiger charge is 2.38. The summed E-state index contributed by atoms with van der Waals surface area (Å²) in [5.41, 5.74) is 4.25. The molecule has 6 heteroatoms. The number of piperazine rings is 1. The van der Waals surface area contributed by atoms with E-state index in [0.29, 0.717) is 25.4 Å². The molecule has 2 amide bonds. The largest absolute Gasteiger partial charge is 0.495 e. The summed E-state index contributed by atoms with van der Waals surface area (Å²) < 4.78 is 5.44. The van der Waals surface area contributed by atoms with E-state index in [9.17, 15) is 9.59 Å². The Labute approximate surface area is 178 Å². The number of carbonyl (C=O) groups excluding carboxylic acids is 2. The number of rotatable bonds is 4. The van der Waals surface area contributed by atoms with Gasteiger partial charge in [-0.1, -0.05) is 18.2 Å². The molecule has 0 saturated carbocycles. The number of methoxy groups -OCH3 is 1. The number of carbonyl (C=O) groups is 2.